The Hall–Kier alpha value is -2.18. The van der Waals surface area contributed by atoms with Gasteiger partial charge < -0.3 is 4.57 Å². The Morgan fingerprint density at radius 2 is 1.79 bits per heavy atom. The zero-order valence-electron chi connectivity index (χ0n) is 16.9. The first-order valence-corrected chi connectivity index (χ1v) is 11.8. The van der Waals surface area contributed by atoms with Crippen LogP contribution in [0.15, 0.2) is 48.5 Å². The van der Waals surface area contributed by atoms with Gasteiger partial charge >= 0.3 is 0 Å². The predicted octanol–water partition coefficient (Wildman–Crippen LogP) is 4.67. The van der Waals surface area contributed by atoms with Gasteiger partial charge in [0.2, 0.25) is 10.0 Å². The zero-order valence-corrected chi connectivity index (χ0v) is 17.8. The highest BCUT2D eigenvalue weighted by atomic mass is 32.2. The minimum absolute atomic E-state index is 0.156. The maximum atomic E-state index is 13.7. The maximum absolute atomic E-state index is 13.7. The third-order valence-electron chi connectivity index (χ3n) is 6.13. The molecule has 0 atom stereocenters. The first kappa shape index (κ1) is 20.1. The second-order valence-corrected chi connectivity index (χ2v) is 10.1. The van der Waals surface area contributed by atoms with Gasteiger partial charge in [0.25, 0.3) is 0 Å². The molecule has 0 N–H and O–H groups in total. The van der Waals surface area contributed by atoms with Gasteiger partial charge in [0.1, 0.15) is 5.82 Å². The number of fused-ring (bicyclic) bond motifs is 1. The van der Waals surface area contributed by atoms with E-state index < -0.39 is 10.0 Å². The Morgan fingerprint density at radius 1 is 1.07 bits per heavy atom. The standard InChI is InChI=1S/C23H27FN2O2S/c1-3-29(27,28)25-13-11-19(12-14-25)23-17(2)26(22-10-5-4-9-21(22)23)16-18-7-6-8-20(24)15-18/h4-10,15,19H,3,11-14,16H2,1-2H3. The van der Waals surface area contributed by atoms with Gasteiger partial charge in [-0.2, -0.15) is 0 Å². The second kappa shape index (κ2) is 7.92. The average Bonchev–Trinajstić information content (AvgIpc) is 3.00. The molecule has 0 unspecified atom stereocenters. The Balaban J connectivity index is 1.68. The largest absolute Gasteiger partial charge is 0.340 e. The SMILES string of the molecule is CCS(=O)(=O)N1CCC(c2c(C)n(Cc3cccc(F)c3)c3ccccc23)CC1. The lowest BCUT2D eigenvalue weighted by molar-refractivity contribution is 0.320. The van der Waals surface area contributed by atoms with Crippen molar-refractivity contribution in [3.63, 3.8) is 0 Å². The molecule has 0 bridgehead atoms. The quantitative estimate of drug-likeness (QED) is 0.609. The summed E-state index contributed by atoms with van der Waals surface area (Å²) in [7, 11) is -3.13. The molecule has 2 heterocycles. The number of halogens is 1. The van der Waals surface area contributed by atoms with E-state index in [0.717, 1.165) is 23.9 Å². The first-order valence-electron chi connectivity index (χ1n) is 10.2. The van der Waals surface area contributed by atoms with E-state index in [4.69, 9.17) is 0 Å². The fourth-order valence-electron chi connectivity index (χ4n) is 4.60. The molecular weight excluding hydrogens is 387 g/mol. The van der Waals surface area contributed by atoms with Crippen molar-refractivity contribution in [3.05, 3.63) is 71.2 Å². The highest BCUT2D eigenvalue weighted by molar-refractivity contribution is 7.89. The zero-order chi connectivity index (χ0) is 20.6. The number of aromatic nitrogens is 1. The monoisotopic (exact) mass is 414 g/mol. The molecule has 29 heavy (non-hydrogen) atoms. The van der Waals surface area contributed by atoms with Crippen molar-refractivity contribution < 1.29 is 12.8 Å². The molecule has 154 valence electrons. The second-order valence-electron chi connectivity index (χ2n) is 7.81. The van der Waals surface area contributed by atoms with Crippen LogP contribution in [0.4, 0.5) is 4.39 Å². The Labute approximate surface area is 172 Å². The highest BCUT2D eigenvalue weighted by Crippen LogP contribution is 2.38. The summed E-state index contributed by atoms with van der Waals surface area (Å²) in [6, 6.07) is 15.1. The van der Waals surface area contributed by atoms with E-state index in [-0.39, 0.29) is 11.6 Å². The van der Waals surface area contributed by atoms with Crippen LogP contribution < -0.4 is 0 Å². The number of rotatable bonds is 5. The van der Waals surface area contributed by atoms with Crippen molar-refractivity contribution in [1.29, 1.82) is 0 Å². The average molecular weight is 415 g/mol. The molecule has 0 amide bonds. The smallest absolute Gasteiger partial charge is 0.213 e. The number of hydrogen-bond acceptors (Lipinski definition) is 2. The Morgan fingerprint density at radius 3 is 2.48 bits per heavy atom. The molecule has 1 aliphatic rings. The molecule has 0 radical (unpaired) electrons. The molecule has 0 spiro atoms. The topological polar surface area (TPSA) is 42.3 Å². The summed E-state index contributed by atoms with van der Waals surface area (Å²) >= 11 is 0. The number of sulfonamides is 1. The lowest BCUT2D eigenvalue weighted by Gasteiger charge is -2.31. The molecule has 4 nitrogen and oxygen atoms in total. The molecule has 1 aromatic heterocycles. The van der Waals surface area contributed by atoms with Gasteiger partial charge in [-0.3, -0.25) is 0 Å². The van der Waals surface area contributed by atoms with Gasteiger partial charge in [0.15, 0.2) is 0 Å². The third-order valence-corrected chi connectivity index (χ3v) is 8.01. The fourth-order valence-corrected chi connectivity index (χ4v) is 5.73. The molecule has 0 saturated carbocycles. The summed E-state index contributed by atoms with van der Waals surface area (Å²) < 4.78 is 42.0. The predicted molar refractivity (Wildman–Crippen MR) is 115 cm³/mol. The van der Waals surface area contributed by atoms with Crippen LogP contribution in [0.5, 0.6) is 0 Å². The molecule has 4 rings (SSSR count). The Bertz CT molecular complexity index is 1130. The minimum Gasteiger partial charge on any atom is -0.340 e. The summed E-state index contributed by atoms with van der Waals surface area (Å²) in [5.41, 5.74) is 4.58. The molecule has 0 aliphatic carbocycles. The number of benzene rings is 2. The summed E-state index contributed by atoms with van der Waals surface area (Å²) in [6.07, 6.45) is 1.65. The van der Waals surface area contributed by atoms with Gasteiger partial charge in [0.05, 0.1) is 5.75 Å². The number of hydrogen-bond donors (Lipinski definition) is 0. The van der Waals surface area contributed by atoms with Crippen molar-refractivity contribution in [2.24, 2.45) is 0 Å². The number of nitrogens with zero attached hydrogens (tertiary/aromatic N) is 2. The van der Waals surface area contributed by atoms with E-state index in [1.807, 2.05) is 12.1 Å². The minimum atomic E-state index is -3.13. The molecular formula is C23H27FN2O2S. The van der Waals surface area contributed by atoms with Gasteiger partial charge in [-0.1, -0.05) is 30.3 Å². The van der Waals surface area contributed by atoms with E-state index in [9.17, 15) is 12.8 Å². The van der Waals surface area contributed by atoms with E-state index >= 15 is 0 Å². The third kappa shape index (κ3) is 3.83. The van der Waals surface area contributed by atoms with Crippen molar-refractivity contribution in [3.8, 4) is 0 Å². The Kier molecular flexibility index (Phi) is 5.49. The van der Waals surface area contributed by atoms with E-state index in [1.165, 1.54) is 22.7 Å². The molecule has 2 aromatic carbocycles. The van der Waals surface area contributed by atoms with Crippen LogP contribution in [0.1, 0.15) is 42.5 Å². The van der Waals surface area contributed by atoms with Crippen LogP contribution in [0.3, 0.4) is 0 Å². The molecule has 1 fully saturated rings. The van der Waals surface area contributed by atoms with Crippen LogP contribution in [0.2, 0.25) is 0 Å². The van der Waals surface area contributed by atoms with Crippen molar-refractivity contribution in [2.75, 3.05) is 18.8 Å². The molecule has 1 aliphatic heterocycles. The van der Waals surface area contributed by atoms with Crippen molar-refractivity contribution in [2.45, 2.75) is 39.2 Å². The van der Waals surface area contributed by atoms with Crippen molar-refractivity contribution in [1.82, 2.24) is 8.87 Å². The molecule has 6 heteroatoms. The van der Waals surface area contributed by atoms with Crippen LogP contribution in [-0.2, 0) is 16.6 Å². The lowest BCUT2D eigenvalue weighted by atomic mass is 9.88. The first-order chi connectivity index (χ1) is 13.9. The van der Waals surface area contributed by atoms with Crippen LogP contribution >= 0.6 is 0 Å². The normalized spacial score (nSPS) is 16.5. The summed E-state index contributed by atoms with van der Waals surface area (Å²) in [5, 5.41) is 1.22. The van der Waals surface area contributed by atoms with Gasteiger partial charge in [-0.25, -0.2) is 17.1 Å². The maximum Gasteiger partial charge on any atom is 0.213 e. The number of para-hydroxylation sites is 1. The van der Waals surface area contributed by atoms with E-state index in [0.29, 0.717) is 25.6 Å². The molecule has 3 aromatic rings. The van der Waals surface area contributed by atoms with Crippen LogP contribution in [0, 0.1) is 12.7 Å². The van der Waals surface area contributed by atoms with Crippen molar-refractivity contribution >= 4 is 20.9 Å². The fraction of sp³-hybridized carbons (Fsp3) is 0.391. The lowest BCUT2D eigenvalue weighted by Crippen LogP contribution is -2.38. The summed E-state index contributed by atoms with van der Waals surface area (Å²) in [5.74, 6) is 0.266. The van der Waals surface area contributed by atoms with Gasteiger partial charge in [-0.05, 0) is 61.9 Å². The van der Waals surface area contributed by atoms with E-state index in [2.05, 4.69) is 29.7 Å². The highest BCUT2D eigenvalue weighted by Gasteiger charge is 2.30. The molecule has 1 saturated heterocycles. The van der Waals surface area contributed by atoms with Crippen LogP contribution in [0.25, 0.3) is 10.9 Å². The van der Waals surface area contributed by atoms with E-state index in [1.54, 1.807) is 23.4 Å². The van der Waals surface area contributed by atoms with Crippen LogP contribution in [-0.4, -0.2) is 36.1 Å². The van der Waals surface area contributed by atoms with Gasteiger partial charge in [-0.15, -0.1) is 0 Å². The number of piperidine rings is 1. The summed E-state index contributed by atoms with van der Waals surface area (Å²) in [6.45, 7) is 5.59. The summed E-state index contributed by atoms with van der Waals surface area (Å²) in [4.78, 5) is 0. The van der Waals surface area contributed by atoms with Gasteiger partial charge in [0, 0.05) is 36.2 Å².